The fourth-order valence-corrected chi connectivity index (χ4v) is 2.33. The lowest BCUT2D eigenvalue weighted by Crippen LogP contribution is -2.39. The highest BCUT2D eigenvalue weighted by molar-refractivity contribution is 5.57. The van der Waals surface area contributed by atoms with Crippen molar-refractivity contribution in [1.82, 2.24) is 4.90 Å². The third-order valence-electron chi connectivity index (χ3n) is 3.37. The van der Waals surface area contributed by atoms with Gasteiger partial charge in [0.05, 0.1) is 13.2 Å². The second-order valence-corrected chi connectivity index (χ2v) is 4.52. The van der Waals surface area contributed by atoms with Crippen LogP contribution in [-0.4, -0.2) is 30.9 Å². The van der Waals surface area contributed by atoms with Crippen LogP contribution in [0, 0.1) is 0 Å². The van der Waals surface area contributed by atoms with Crippen LogP contribution in [0.1, 0.15) is 24.8 Å². The monoisotopic (exact) mass is 233 g/mol. The third-order valence-corrected chi connectivity index (χ3v) is 3.37. The summed E-state index contributed by atoms with van der Waals surface area (Å²) in [5.41, 5.74) is 1.24. The van der Waals surface area contributed by atoms with Gasteiger partial charge in [0.25, 0.3) is 0 Å². The Labute approximate surface area is 102 Å². The predicted octanol–water partition coefficient (Wildman–Crippen LogP) is 2.25. The van der Waals surface area contributed by atoms with Crippen LogP contribution in [0.15, 0.2) is 24.3 Å². The molecular formula is C14H19NO2. The Morgan fingerprint density at radius 3 is 2.76 bits per heavy atom. The van der Waals surface area contributed by atoms with Crippen molar-refractivity contribution in [2.75, 3.05) is 13.7 Å². The number of hydrogen-bond acceptors (Lipinski definition) is 3. The van der Waals surface area contributed by atoms with E-state index in [1.807, 2.05) is 12.1 Å². The Morgan fingerprint density at radius 2 is 2.12 bits per heavy atom. The van der Waals surface area contributed by atoms with Gasteiger partial charge < -0.3 is 9.53 Å². The number of rotatable bonds is 4. The summed E-state index contributed by atoms with van der Waals surface area (Å²) in [6.45, 7) is 1.88. The number of benzene rings is 1. The normalized spacial score (nSPS) is 21.1. The second kappa shape index (κ2) is 5.82. The molecule has 0 aromatic heterocycles. The summed E-state index contributed by atoms with van der Waals surface area (Å²) in [7, 11) is 1.67. The average Bonchev–Trinajstić information content (AvgIpc) is 2.40. The molecule has 1 aromatic carbocycles. The van der Waals surface area contributed by atoms with Crippen LogP contribution < -0.4 is 4.74 Å². The van der Waals surface area contributed by atoms with E-state index < -0.39 is 0 Å². The van der Waals surface area contributed by atoms with Gasteiger partial charge in [0.1, 0.15) is 12.0 Å². The highest BCUT2D eigenvalue weighted by Crippen LogP contribution is 2.19. The minimum atomic E-state index is 0.103. The van der Waals surface area contributed by atoms with Gasteiger partial charge in [-0.25, -0.2) is 0 Å². The van der Waals surface area contributed by atoms with Gasteiger partial charge in [-0.2, -0.15) is 0 Å². The lowest BCUT2D eigenvalue weighted by Gasteiger charge is -2.32. The van der Waals surface area contributed by atoms with Gasteiger partial charge >= 0.3 is 0 Å². The van der Waals surface area contributed by atoms with Crippen LogP contribution in [0.5, 0.6) is 5.75 Å². The molecule has 17 heavy (non-hydrogen) atoms. The first-order chi connectivity index (χ1) is 8.33. The summed E-state index contributed by atoms with van der Waals surface area (Å²) < 4.78 is 5.13. The van der Waals surface area contributed by atoms with Crippen molar-refractivity contribution < 1.29 is 9.53 Å². The van der Waals surface area contributed by atoms with E-state index >= 15 is 0 Å². The van der Waals surface area contributed by atoms with Crippen molar-refractivity contribution in [1.29, 1.82) is 0 Å². The summed E-state index contributed by atoms with van der Waals surface area (Å²) in [6, 6.07) is 8.17. The summed E-state index contributed by atoms with van der Waals surface area (Å²) >= 11 is 0. The van der Waals surface area contributed by atoms with Crippen molar-refractivity contribution in [2.24, 2.45) is 0 Å². The molecule has 2 rings (SSSR count). The summed E-state index contributed by atoms with van der Waals surface area (Å²) in [5, 5.41) is 0. The lowest BCUT2D eigenvalue weighted by molar-refractivity contribution is -0.113. The van der Waals surface area contributed by atoms with Crippen molar-refractivity contribution in [3.63, 3.8) is 0 Å². The SMILES string of the molecule is COc1ccc(CN2CCCC[C@H]2C=O)cc1. The number of methoxy groups -OCH3 is 1. The van der Waals surface area contributed by atoms with Gasteiger partial charge in [-0.15, -0.1) is 0 Å². The molecule has 0 unspecified atom stereocenters. The molecular weight excluding hydrogens is 214 g/mol. The van der Waals surface area contributed by atoms with Crippen molar-refractivity contribution in [2.45, 2.75) is 31.8 Å². The highest BCUT2D eigenvalue weighted by atomic mass is 16.5. The van der Waals surface area contributed by atoms with Crippen molar-refractivity contribution >= 4 is 6.29 Å². The van der Waals surface area contributed by atoms with E-state index in [1.54, 1.807) is 7.11 Å². The molecule has 0 saturated carbocycles. The van der Waals surface area contributed by atoms with Gasteiger partial charge in [0.15, 0.2) is 0 Å². The van der Waals surface area contributed by atoms with Crippen LogP contribution >= 0.6 is 0 Å². The number of ether oxygens (including phenoxy) is 1. The van der Waals surface area contributed by atoms with Gasteiger partial charge in [-0.05, 0) is 37.1 Å². The fourth-order valence-electron chi connectivity index (χ4n) is 2.33. The lowest BCUT2D eigenvalue weighted by atomic mass is 10.0. The maximum absolute atomic E-state index is 11.0. The van der Waals surface area contributed by atoms with E-state index in [0.717, 1.165) is 31.5 Å². The molecule has 0 radical (unpaired) electrons. The van der Waals surface area contributed by atoms with Gasteiger partial charge in [-0.3, -0.25) is 4.90 Å². The topological polar surface area (TPSA) is 29.5 Å². The molecule has 0 amide bonds. The van der Waals surface area contributed by atoms with Crippen LogP contribution in [0.2, 0.25) is 0 Å². The standard InChI is InChI=1S/C14H19NO2/c1-17-14-7-5-12(6-8-14)10-15-9-3-2-4-13(15)11-16/h5-8,11,13H,2-4,9-10H2,1H3/t13-/m0/s1. The first-order valence-corrected chi connectivity index (χ1v) is 6.16. The van der Waals surface area contributed by atoms with Crippen molar-refractivity contribution in [3.8, 4) is 5.75 Å². The van der Waals surface area contributed by atoms with Crippen molar-refractivity contribution in [3.05, 3.63) is 29.8 Å². The molecule has 1 atom stereocenters. The zero-order valence-corrected chi connectivity index (χ0v) is 10.3. The highest BCUT2D eigenvalue weighted by Gasteiger charge is 2.21. The largest absolute Gasteiger partial charge is 0.497 e. The number of likely N-dealkylation sites (tertiary alicyclic amines) is 1. The molecule has 1 fully saturated rings. The molecule has 3 heteroatoms. The number of hydrogen-bond donors (Lipinski definition) is 0. The summed E-state index contributed by atoms with van der Waals surface area (Å²) in [4.78, 5) is 13.3. The minimum absolute atomic E-state index is 0.103. The molecule has 1 heterocycles. The Hall–Kier alpha value is -1.35. The number of nitrogens with zero attached hydrogens (tertiary/aromatic N) is 1. The maximum Gasteiger partial charge on any atom is 0.137 e. The maximum atomic E-state index is 11.0. The third kappa shape index (κ3) is 3.07. The molecule has 1 saturated heterocycles. The van der Waals surface area contributed by atoms with Gasteiger partial charge in [-0.1, -0.05) is 18.6 Å². The average molecular weight is 233 g/mol. The van der Waals surface area contributed by atoms with E-state index in [4.69, 9.17) is 4.74 Å². The molecule has 0 aliphatic carbocycles. The van der Waals surface area contributed by atoms with Crippen LogP contribution in [-0.2, 0) is 11.3 Å². The van der Waals surface area contributed by atoms with Crippen LogP contribution in [0.4, 0.5) is 0 Å². The molecule has 1 aliphatic heterocycles. The van der Waals surface area contributed by atoms with E-state index in [1.165, 1.54) is 18.4 Å². The Bertz CT molecular complexity index is 361. The number of aldehydes is 1. The summed E-state index contributed by atoms with van der Waals surface area (Å²) in [5.74, 6) is 0.874. The summed E-state index contributed by atoms with van der Waals surface area (Å²) in [6.07, 6.45) is 4.45. The fraction of sp³-hybridized carbons (Fsp3) is 0.500. The molecule has 3 nitrogen and oxygen atoms in total. The molecule has 1 aliphatic rings. The Balaban J connectivity index is 2.00. The minimum Gasteiger partial charge on any atom is -0.497 e. The quantitative estimate of drug-likeness (QED) is 0.747. The van der Waals surface area contributed by atoms with Gasteiger partial charge in [0.2, 0.25) is 0 Å². The molecule has 0 N–H and O–H groups in total. The molecule has 92 valence electrons. The van der Waals surface area contributed by atoms with E-state index in [0.29, 0.717) is 0 Å². The number of carbonyl (C=O) groups is 1. The van der Waals surface area contributed by atoms with Gasteiger partial charge in [0, 0.05) is 6.54 Å². The second-order valence-electron chi connectivity index (χ2n) is 4.52. The Morgan fingerprint density at radius 1 is 1.35 bits per heavy atom. The van der Waals surface area contributed by atoms with E-state index in [2.05, 4.69) is 17.0 Å². The van der Waals surface area contributed by atoms with E-state index in [-0.39, 0.29) is 6.04 Å². The number of carbonyl (C=O) groups excluding carboxylic acids is 1. The number of piperidine rings is 1. The molecule has 0 bridgehead atoms. The first-order valence-electron chi connectivity index (χ1n) is 6.16. The van der Waals surface area contributed by atoms with Crippen LogP contribution in [0.25, 0.3) is 0 Å². The predicted molar refractivity (Wildman–Crippen MR) is 67.1 cm³/mol. The van der Waals surface area contributed by atoms with Crippen LogP contribution in [0.3, 0.4) is 0 Å². The molecule has 1 aromatic rings. The zero-order valence-electron chi connectivity index (χ0n) is 10.3. The zero-order chi connectivity index (χ0) is 12.1. The Kier molecular flexibility index (Phi) is 4.15. The first kappa shape index (κ1) is 12.1. The smallest absolute Gasteiger partial charge is 0.137 e. The van der Waals surface area contributed by atoms with E-state index in [9.17, 15) is 4.79 Å². The molecule has 0 spiro atoms.